The lowest BCUT2D eigenvalue weighted by Crippen LogP contribution is -2.50. The van der Waals surface area contributed by atoms with Gasteiger partial charge in [-0.15, -0.1) is 0 Å². The number of anilines is 3. The molecular weight excluding hydrogens is 450 g/mol. The molecule has 12 heteroatoms. The van der Waals surface area contributed by atoms with Crippen molar-refractivity contribution < 1.29 is 28.2 Å². The molecule has 182 valence electrons. The average Bonchev–Trinajstić information content (AvgIpc) is 2.75. The highest BCUT2D eigenvalue weighted by Gasteiger charge is 2.33. The van der Waals surface area contributed by atoms with Gasteiger partial charge in [-0.3, -0.25) is 0 Å². The van der Waals surface area contributed by atoms with Gasteiger partial charge in [0, 0.05) is 19.2 Å². The average molecular weight is 476 g/mol. The van der Waals surface area contributed by atoms with E-state index in [0.29, 0.717) is 0 Å². The number of nitrogens with one attached hydrogen (secondary N) is 3. The van der Waals surface area contributed by atoms with Gasteiger partial charge in [0.05, 0.1) is 30.1 Å². The molecule has 2 aromatic heterocycles. The van der Waals surface area contributed by atoms with Crippen LogP contribution in [-0.4, -0.2) is 53.6 Å². The van der Waals surface area contributed by atoms with Gasteiger partial charge in [-0.2, -0.15) is 5.26 Å². The number of ether oxygens (including phenoxy) is 2. The van der Waals surface area contributed by atoms with Crippen LogP contribution in [0, 0.1) is 28.9 Å². The normalized spacial score (nSPS) is 14.9. The van der Waals surface area contributed by atoms with Crippen LogP contribution in [0.2, 0.25) is 0 Å². The number of hydrogen-bond acceptors (Lipinski definition) is 8. The van der Waals surface area contributed by atoms with Gasteiger partial charge < -0.3 is 30.5 Å². The Balaban J connectivity index is 1.83. The van der Waals surface area contributed by atoms with Gasteiger partial charge in [-0.1, -0.05) is 6.42 Å². The van der Waals surface area contributed by atoms with Crippen molar-refractivity contribution >= 4 is 23.4 Å². The van der Waals surface area contributed by atoms with Crippen molar-refractivity contribution in [3.63, 3.8) is 0 Å². The number of aromatic nitrogens is 2. The van der Waals surface area contributed by atoms with E-state index in [2.05, 4.69) is 25.9 Å². The first-order valence-corrected chi connectivity index (χ1v) is 10.7. The van der Waals surface area contributed by atoms with E-state index in [1.54, 1.807) is 6.92 Å². The summed E-state index contributed by atoms with van der Waals surface area (Å²) in [6.45, 7) is 2.08. The van der Waals surface area contributed by atoms with Gasteiger partial charge in [-0.05, 0) is 31.7 Å². The van der Waals surface area contributed by atoms with E-state index in [-0.39, 0.29) is 47.9 Å². The van der Waals surface area contributed by atoms with Crippen molar-refractivity contribution in [2.75, 3.05) is 31.0 Å². The molecule has 4 N–H and O–H groups in total. The number of halogens is 2. The van der Waals surface area contributed by atoms with Crippen LogP contribution < -0.4 is 20.7 Å². The Hall–Kier alpha value is -3.72. The van der Waals surface area contributed by atoms with E-state index in [0.717, 1.165) is 31.4 Å². The topological polar surface area (TPSA) is 141 Å². The Bertz CT molecular complexity index is 1060. The first-order chi connectivity index (χ1) is 16.3. The molecule has 0 spiro atoms. The number of rotatable bonds is 11. The summed E-state index contributed by atoms with van der Waals surface area (Å²) in [5.41, 5.74) is 0.0791. The minimum Gasteiger partial charge on any atom is -0.473 e. The molecule has 0 radical (unpaired) electrons. The van der Waals surface area contributed by atoms with Gasteiger partial charge >= 0.3 is 6.09 Å². The Labute approximate surface area is 195 Å². The highest BCUT2D eigenvalue weighted by atomic mass is 19.1. The van der Waals surface area contributed by atoms with Crippen molar-refractivity contribution in [1.29, 1.82) is 5.26 Å². The molecule has 0 saturated heterocycles. The standard InChI is InChI=1S/C22H26F2N6O4/c1-12(27-22(31)32)18(13-4-3-5-13)29-20-16(23)8-14(10-25)19(30-20)28-15-9-17(24)21(26-11-15)34-7-6-33-2/h8-9,11-13,18,27H,3-7H2,1-2H3,(H,31,32)(H2,28,29,30)/t12-,18-/m0/s1. The quantitative estimate of drug-likeness (QED) is 0.358. The van der Waals surface area contributed by atoms with Crippen LogP contribution >= 0.6 is 0 Å². The lowest BCUT2D eigenvalue weighted by molar-refractivity contribution is 0.141. The van der Waals surface area contributed by atoms with Gasteiger partial charge in [0.1, 0.15) is 12.7 Å². The zero-order valence-corrected chi connectivity index (χ0v) is 18.8. The van der Waals surface area contributed by atoms with Crippen molar-refractivity contribution in [3.05, 3.63) is 35.5 Å². The summed E-state index contributed by atoms with van der Waals surface area (Å²) in [6.07, 6.45) is 2.85. The predicted molar refractivity (Wildman–Crippen MR) is 119 cm³/mol. The largest absolute Gasteiger partial charge is 0.473 e. The highest BCUT2D eigenvalue weighted by Crippen LogP contribution is 2.34. The van der Waals surface area contributed by atoms with E-state index < -0.39 is 29.8 Å². The summed E-state index contributed by atoms with van der Waals surface area (Å²) in [7, 11) is 1.49. The van der Waals surface area contributed by atoms with Crippen LogP contribution in [-0.2, 0) is 4.74 Å². The summed E-state index contributed by atoms with van der Waals surface area (Å²) in [4.78, 5) is 19.2. The molecule has 1 fully saturated rings. The first kappa shape index (κ1) is 24.9. The zero-order chi connectivity index (χ0) is 24.7. The molecule has 1 saturated carbocycles. The van der Waals surface area contributed by atoms with Crippen LogP contribution in [0.5, 0.6) is 5.88 Å². The molecule has 10 nitrogen and oxygen atoms in total. The highest BCUT2D eigenvalue weighted by molar-refractivity contribution is 5.66. The smallest absolute Gasteiger partial charge is 0.404 e. The fourth-order valence-electron chi connectivity index (χ4n) is 3.62. The fraction of sp³-hybridized carbons (Fsp3) is 0.455. The van der Waals surface area contributed by atoms with Crippen LogP contribution in [0.15, 0.2) is 18.3 Å². The number of pyridine rings is 2. The summed E-state index contributed by atoms with van der Waals surface area (Å²) in [6, 6.07) is 3.06. The van der Waals surface area contributed by atoms with Gasteiger partial charge in [0.2, 0.25) is 0 Å². The number of nitrogens with zero attached hydrogens (tertiary/aromatic N) is 3. The van der Waals surface area contributed by atoms with Crippen molar-refractivity contribution in [2.45, 2.75) is 38.3 Å². The van der Waals surface area contributed by atoms with Crippen molar-refractivity contribution in [3.8, 4) is 11.9 Å². The number of carboxylic acid groups (broad SMARTS) is 1. The van der Waals surface area contributed by atoms with Crippen molar-refractivity contribution in [2.24, 2.45) is 5.92 Å². The maximum absolute atomic E-state index is 14.8. The number of hydrogen-bond donors (Lipinski definition) is 4. The fourth-order valence-corrected chi connectivity index (χ4v) is 3.62. The summed E-state index contributed by atoms with van der Waals surface area (Å²) >= 11 is 0. The zero-order valence-electron chi connectivity index (χ0n) is 18.8. The first-order valence-electron chi connectivity index (χ1n) is 10.7. The van der Waals surface area contributed by atoms with E-state index in [1.807, 2.05) is 6.07 Å². The molecule has 0 unspecified atom stereocenters. The molecule has 1 aliphatic rings. The monoisotopic (exact) mass is 476 g/mol. The summed E-state index contributed by atoms with van der Waals surface area (Å²) in [5, 5.41) is 26.7. The maximum atomic E-state index is 14.8. The molecule has 0 aromatic carbocycles. The molecule has 1 aliphatic carbocycles. The third-order valence-corrected chi connectivity index (χ3v) is 5.54. The molecule has 0 aliphatic heterocycles. The van der Waals surface area contributed by atoms with E-state index in [4.69, 9.17) is 14.6 Å². The maximum Gasteiger partial charge on any atom is 0.404 e. The van der Waals surface area contributed by atoms with Crippen LogP contribution in [0.1, 0.15) is 31.7 Å². The van der Waals surface area contributed by atoms with Crippen LogP contribution in [0.25, 0.3) is 0 Å². The third kappa shape index (κ3) is 6.20. The second-order valence-electron chi connectivity index (χ2n) is 7.90. The molecular formula is C22H26F2N6O4. The number of nitriles is 1. The molecule has 34 heavy (non-hydrogen) atoms. The minimum atomic E-state index is -1.18. The Morgan fingerprint density at radius 2 is 2.06 bits per heavy atom. The Morgan fingerprint density at radius 1 is 1.29 bits per heavy atom. The molecule has 1 amide bonds. The molecule has 2 aromatic rings. The van der Waals surface area contributed by atoms with Crippen LogP contribution in [0.4, 0.5) is 30.9 Å². The van der Waals surface area contributed by atoms with Gasteiger partial charge in [0.15, 0.2) is 23.3 Å². The Morgan fingerprint density at radius 3 is 2.65 bits per heavy atom. The third-order valence-electron chi connectivity index (χ3n) is 5.54. The Kier molecular flexibility index (Phi) is 8.37. The van der Waals surface area contributed by atoms with E-state index in [1.165, 1.54) is 13.3 Å². The number of amides is 1. The molecule has 3 rings (SSSR count). The second-order valence-corrected chi connectivity index (χ2v) is 7.90. The lowest BCUT2D eigenvalue weighted by atomic mass is 9.77. The van der Waals surface area contributed by atoms with Crippen molar-refractivity contribution in [1.82, 2.24) is 15.3 Å². The van der Waals surface area contributed by atoms with Gasteiger partial charge in [-0.25, -0.2) is 23.5 Å². The van der Waals surface area contributed by atoms with Crippen LogP contribution in [0.3, 0.4) is 0 Å². The predicted octanol–water partition coefficient (Wildman–Crippen LogP) is 3.63. The summed E-state index contributed by atoms with van der Waals surface area (Å²) in [5.74, 6) is -1.73. The molecule has 0 bridgehead atoms. The van der Waals surface area contributed by atoms with Gasteiger partial charge in [0.25, 0.3) is 5.88 Å². The summed E-state index contributed by atoms with van der Waals surface area (Å²) < 4.78 is 39.1. The lowest BCUT2D eigenvalue weighted by Gasteiger charge is -2.38. The number of methoxy groups -OCH3 is 1. The van der Waals surface area contributed by atoms with E-state index in [9.17, 15) is 18.8 Å². The second kappa shape index (κ2) is 11.4. The van der Waals surface area contributed by atoms with E-state index >= 15 is 0 Å². The SMILES string of the molecule is COCCOc1ncc(Nc2nc(N[C@H](C3CCC3)[C@H](C)NC(=O)O)c(F)cc2C#N)cc1F. The molecule has 2 atom stereocenters. The minimum absolute atomic E-state index is 0.00754. The molecule has 2 heterocycles. The number of carbonyl (C=O) groups is 1.